The molecule has 122 valence electrons. The normalized spacial score (nSPS) is 12.6. The minimum absolute atomic E-state index is 0. The maximum atomic E-state index is 5.54. The van der Waals surface area contributed by atoms with Gasteiger partial charge in [0.1, 0.15) is 5.76 Å². The third-order valence-electron chi connectivity index (χ3n) is 3.31. The van der Waals surface area contributed by atoms with Crippen molar-refractivity contribution in [3.05, 3.63) is 39.7 Å². The van der Waals surface area contributed by atoms with E-state index in [0.717, 1.165) is 24.0 Å². The smallest absolute Gasteiger partial charge is 0.214 e. The van der Waals surface area contributed by atoms with Gasteiger partial charge in [-0.2, -0.15) is 0 Å². The Balaban J connectivity index is 0.00000242. The van der Waals surface area contributed by atoms with E-state index in [1.165, 1.54) is 4.88 Å². The van der Waals surface area contributed by atoms with Gasteiger partial charge < -0.3 is 15.1 Å². The number of guanidine groups is 1. The van der Waals surface area contributed by atoms with Crippen LogP contribution in [0.15, 0.2) is 26.9 Å². The Bertz CT molecular complexity index is 575. The van der Waals surface area contributed by atoms with Crippen molar-refractivity contribution in [2.75, 3.05) is 13.6 Å². The van der Waals surface area contributed by atoms with Crippen LogP contribution in [0.3, 0.4) is 0 Å². The number of halogens is 1. The molecule has 0 aliphatic carbocycles. The Morgan fingerprint density at radius 1 is 1.41 bits per heavy atom. The Hall–Kier alpha value is -1.09. The number of thiophene rings is 1. The van der Waals surface area contributed by atoms with Gasteiger partial charge in [0.25, 0.3) is 0 Å². The number of hydrogen-bond acceptors (Lipinski definition) is 4. The summed E-state index contributed by atoms with van der Waals surface area (Å²) < 4.78 is 5.54. The molecule has 2 N–H and O–H groups in total. The van der Waals surface area contributed by atoms with Crippen molar-refractivity contribution < 1.29 is 4.42 Å². The first-order chi connectivity index (χ1) is 10.1. The fourth-order valence-electron chi connectivity index (χ4n) is 1.92. The number of rotatable bonds is 5. The van der Waals surface area contributed by atoms with Crippen LogP contribution in [0, 0.1) is 13.8 Å². The summed E-state index contributed by atoms with van der Waals surface area (Å²) in [7, 11) is 1.76. The van der Waals surface area contributed by atoms with E-state index in [0.29, 0.717) is 18.4 Å². The number of aliphatic imine (C=N–C) groups is 1. The Morgan fingerprint density at radius 2 is 2.18 bits per heavy atom. The lowest BCUT2D eigenvalue weighted by molar-refractivity contribution is 0.463. The second-order valence-corrected chi connectivity index (χ2v) is 5.95. The summed E-state index contributed by atoms with van der Waals surface area (Å²) in [6.07, 6.45) is 0. The fourth-order valence-corrected chi connectivity index (χ4v) is 2.70. The quantitative estimate of drug-likeness (QED) is 0.430. The van der Waals surface area contributed by atoms with E-state index in [1.54, 1.807) is 18.4 Å². The first kappa shape index (κ1) is 19.0. The van der Waals surface area contributed by atoms with E-state index in [2.05, 4.69) is 45.0 Å². The van der Waals surface area contributed by atoms with E-state index in [-0.39, 0.29) is 24.0 Å². The van der Waals surface area contributed by atoms with Crippen LogP contribution >= 0.6 is 35.3 Å². The highest BCUT2D eigenvalue weighted by molar-refractivity contribution is 14.0. The van der Waals surface area contributed by atoms with Gasteiger partial charge in [0.15, 0.2) is 5.96 Å². The third-order valence-corrected chi connectivity index (χ3v) is 4.41. The van der Waals surface area contributed by atoms with Crippen LogP contribution in [-0.2, 0) is 6.54 Å². The number of aryl methyl sites for hydroxylation is 2. The number of nitrogens with zero attached hydrogens (tertiary/aromatic N) is 2. The minimum atomic E-state index is 0. The molecule has 0 saturated carbocycles. The van der Waals surface area contributed by atoms with Crippen molar-refractivity contribution in [3.8, 4) is 0 Å². The zero-order chi connectivity index (χ0) is 15.2. The average Bonchev–Trinajstić information content (AvgIpc) is 3.10. The molecule has 5 nitrogen and oxygen atoms in total. The molecule has 0 radical (unpaired) electrons. The largest absolute Gasteiger partial charge is 0.444 e. The predicted octanol–water partition coefficient (Wildman–Crippen LogP) is 3.44. The highest BCUT2D eigenvalue weighted by atomic mass is 127. The summed E-state index contributed by atoms with van der Waals surface area (Å²) in [5.74, 6) is 2.75. The molecule has 0 aliphatic heterocycles. The topological polar surface area (TPSA) is 62.5 Å². The van der Waals surface area contributed by atoms with Gasteiger partial charge in [-0.3, -0.25) is 4.99 Å². The van der Waals surface area contributed by atoms with Gasteiger partial charge in [0, 0.05) is 24.4 Å². The van der Waals surface area contributed by atoms with Gasteiger partial charge in [0.2, 0.25) is 5.89 Å². The van der Waals surface area contributed by atoms with Crippen LogP contribution in [0.5, 0.6) is 0 Å². The lowest BCUT2D eigenvalue weighted by Crippen LogP contribution is -2.38. The van der Waals surface area contributed by atoms with Crippen LogP contribution in [0.4, 0.5) is 0 Å². The van der Waals surface area contributed by atoms with Gasteiger partial charge in [-0.25, -0.2) is 4.98 Å². The number of hydrogen-bond donors (Lipinski definition) is 2. The standard InChI is InChI=1S/C15H22N4OS.HI/c1-10(13-6-5-7-21-13)8-17-15(16-4)18-9-14-19-11(2)12(3)20-14;/h5-7,10H,8-9H2,1-4H3,(H2,16,17,18);1H. The van der Waals surface area contributed by atoms with Crippen molar-refractivity contribution in [2.24, 2.45) is 4.99 Å². The molecule has 0 spiro atoms. The molecule has 0 fully saturated rings. The van der Waals surface area contributed by atoms with Gasteiger partial charge in [-0.15, -0.1) is 35.3 Å². The molecule has 0 amide bonds. The summed E-state index contributed by atoms with van der Waals surface area (Å²) in [5, 5.41) is 8.64. The first-order valence-electron chi connectivity index (χ1n) is 7.01. The molecular formula is C15H23IN4OS. The zero-order valence-corrected chi connectivity index (χ0v) is 16.5. The second kappa shape index (κ2) is 9.14. The van der Waals surface area contributed by atoms with Crippen LogP contribution in [0.25, 0.3) is 0 Å². The Kier molecular flexibility index (Phi) is 7.88. The lowest BCUT2D eigenvalue weighted by atomic mass is 10.1. The number of oxazole rings is 1. The summed E-state index contributed by atoms with van der Waals surface area (Å²) in [6, 6.07) is 4.24. The SMILES string of the molecule is CN=C(NCc1nc(C)c(C)o1)NCC(C)c1cccs1.I. The molecule has 1 atom stereocenters. The van der Waals surface area contributed by atoms with E-state index < -0.39 is 0 Å². The average molecular weight is 434 g/mol. The van der Waals surface area contributed by atoms with Crippen LogP contribution in [0.1, 0.15) is 35.1 Å². The maximum absolute atomic E-state index is 5.54. The van der Waals surface area contributed by atoms with Crippen molar-refractivity contribution in [3.63, 3.8) is 0 Å². The summed E-state index contributed by atoms with van der Waals surface area (Å²) in [5.41, 5.74) is 0.932. The molecule has 2 heterocycles. The van der Waals surface area contributed by atoms with E-state index >= 15 is 0 Å². The molecule has 1 unspecified atom stereocenters. The first-order valence-corrected chi connectivity index (χ1v) is 7.89. The van der Waals surface area contributed by atoms with Crippen molar-refractivity contribution in [2.45, 2.75) is 33.2 Å². The monoisotopic (exact) mass is 434 g/mol. The molecule has 22 heavy (non-hydrogen) atoms. The molecule has 0 aromatic carbocycles. The molecule has 0 saturated heterocycles. The minimum Gasteiger partial charge on any atom is -0.444 e. The summed E-state index contributed by atoms with van der Waals surface area (Å²) in [4.78, 5) is 9.93. The summed E-state index contributed by atoms with van der Waals surface area (Å²) in [6.45, 7) is 7.43. The molecule has 2 rings (SSSR count). The highest BCUT2D eigenvalue weighted by Crippen LogP contribution is 2.19. The second-order valence-electron chi connectivity index (χ2n) is 4.97. The molecule has 7 heteroatoms. The maximum Gasteiger partial charge on any atom is 0.214 e. The van der Waals surface area contributed by atoms with Crippen molar-refractivity contribution in [1.82, 2.24) is 15.6 Å². The van der Waals surface area contributed by atoms with Gasteiger partial charge in [-0.05, 0) is 25.3 Å². The Morgan fingerprint density at radius 3 is 2.73 bits per heavy atom. The predicted molar refractivity (Wildman–Crippen MR) is 102 cm³/mol. The van der Waals surface area contributed by atoms with Crippen molar-refractivity contribution in [1.29, 1.82) is 0 Å². The number of nitrogens with one attached hydrogen (secondary N) is 2. The molecular weight excluding hydrogens is 411 g/mol. The van der Waals surface area contributed by atoms with Gasteiger partial charge in [-0.1, -0.05) is 13.0 Å². The van der Waals surface area contributed by atoms with Crippen LogP contribution in [0.2, 0.25) is 0 Å². The third kappa shape index (κ3) is 5.28. The molecule has 2 aromatic heterocycles. The summed E-state index contributed by atoms with van der Waals surface area (Å²) >= 11 is 1.78. The highest BCUT2D eigenvalue weighted by Gasteiger charge is 2.09. The van der Waals surface area contributed by atoms with E-state index in [1.807, 2.05) is 13.8 Å². The molecule has 2 aromatic rings. The molecule has 0 aliphatic rings. The van der Waals surface area contributed by atoms with Gasteiger partial charge in [0.05, 0.1) is 12.2 Å². The fraction of sp³-hybridized carbons (Fsp3) is 0.467. The van der Waals surface area contributed by atoms with E-state index in [9.17, 15) is 0 Å². The van der Waals surface area contributed by atoms with Crippen LogP contribution in [-0.4, -0.2) is 24.5 Å². The lowest BCUT2D eigenvalue weighted by Gasteiger charge is -2.14. The zero-order valence-electron chi connectivity index (χ0n) is 13.3. The molecule has 0 bridgehead atoms. The number of aromatic nitrogens is 1. The van der Waals surface area contributed by atoms with Crippen LogP contribution < -0.4 is 10.6 Å². The van der Waals surface area contributed by atoms with Crippen molar-refractivity contribution >= 4 is 41.3 Å². The van der Waals surface area contributed by atoms with Gasteiger partial charge >= 0.3 is 0 Å². The Labute approximate surface area is 152 Å². The van der Waals surface area contributed by atoms with E-state index in [4.69, 9.17) is 4.42 Å².